The zero-order valence-electron chi connectivity index (χ0n) is 12.4. The van der Waals surface area contributed by atoms with E-state index in [-0.39, 0.29) is 0 Å². The molecule has 0 spiro atoms. The zero-order chi connectivity index (χ0) is 15.0. The summed E-state index contributed by atoms with van der Waals surface area (Å²) in [4.78, 5) is 12.6. The molecule has 7 nitrogen and oxygen atoms in total. The standard InChI is InChI=1S/C12H24N4O3S/c1-10(15(2)8-11-5-7-19-9-11)4-6-13-12(20-3)14-16(17)18/h10-11H,4-9H2,1-3H3,(H,13,14). The van der Waals surface area contributed by atoms with Crippen LogP contribution in [0.25, 0.3) is 0 Å². The summed E-state index contributed by atoms with van der Waals surface area (Å²) >= 11 is 1.25. The van der Waals surface area contributed by atoms with Crippen LogP contribution in [0, 0.1) is 16.0 Å². The van der Waals surface area contributed by atoms with Gasteiger partial charge in [0.2, 0.25) is 5.17 Å². The van der Waals surface area contributed by atoms with Gasteiger partial charge in [-0.3, -0.25) is 0 Å². The maximum atomic E-state index is 10.3. The molecule has 1 fully saturated rings. The minimum absolute atomic E-state index is 0.356. The van der Waals surface area contributed by atoms with Crippen molar-refractivity contribution in [2.75, 3.05) is 39.6 Å². The predicted molar refractivity (Wildman–Crippen MR) is 81.6 cm³/mol. The number of nitrogens with zero attached hydrogens (tertiary/aromatic N) is 3. The van der Waals surface area contributed by atoms with Crippen molar-refractivity contribution < 1.29 is 9.77 Å². The van der Waals surface area contributed by atoms with Crippen molar-refractivity contribution in [3.8, 4) is 0 Å². The molecule has 0 aliphatic carbocycles. The van der Waals surface area contributed by atoms with Gasteiger partial charge < -0.3 is 15.0 Å². The molecule has 0 radical (unpaired) electrons. The van der Waals surface area contributed by atoms with Crippen LogP contribution in [0.4, 0.5) is 0 Å². The van der Waals surface area contributed by atoms with Gasteiger partial charge in [0.05, 0.1) is 11.7 Å². The van der Waals surface area contributed by atoms with E-state index in [9.17, 15) is 10.1 Å². The summed E-state index contributed by atoms with van der Waals surface area (Å²) in [5.74, 6) is 0.633. The molecular formula is C12H24N4O3S. The van der Waals surface area contributed by atoms with Crippen LogP contribution >= 0.6 is 11.8 Å². The highest BCUT2D eigenvalue weighted by molar-refractivity contribution is 8.13. The third-order valence-corrected chi connectivity index (χ3v) is 4.14. The van der Waals surface area contributed by atoms with Crippen LogP contribution in [0.2, 0.25) is 0 Å². The number of hydrogen-bond acceptors (Lipinski definition) is 5. The summed E-state index contributed by atoms with van der Waals surface area (Å²) in [6.45, 7) is 5.63. The SMILES string of the molecule is CSC(=N[N+](=O)[O-])NCCC(C)N(C)CC1CCOC1. The van der Waals surface area contributed by atoms with Crippen molar-refractivity contribution in [3.63, 3.8) is 0 Å². The van der Waals surface area contributed by atoms with Gasteiger partial charge in [0.25, 0.3) is 0 Å². The molecule has 0 amide bonds. The second-order valence-electron chi connectivity index (χ2n) is 5.08. The molecule has 1 aliphatic rings. The van der Waals surface area contributed by atoms with E-state index in [1.54, 1.807) is 6.26 Å². The van der Waals surface area contributed by atoms with E-state index in [4.69, 9.17) is 4.74 Å². The van der Waals surface area contributed by atoms with Crippen LogP contribution < -0.4 is 5.32 Å². The lowest BCUT2D eigenvalue weighted by molar-refractivity contribution is -0.484. The second kappa shape index (κ2) is 9.15. The van der Waals surface area contributed by atoms with E-state index in [1.165, 1.54) is 11.8 Å². The van der Waals surface area contributed by atoms with Crippen LogP contribution in [-0.2, 0) is 4.74 Å². The van der Waals surface area contributed by atoms with Gasteiger partial charge in [-0.05, 0) is 39.0 Å². The number of ether oxygens (including phenoxy) is 1. The highest BCUT2D eigenvalue weighted by Crippen LogP contribution is 2.15. The van der Waals surface area contributed by atoms with Gasteiger partial charge in [0.15, 0.2) is 5.03 Å². The molecule has 8 heteroatoms. The number of hydrazone groups is 1. The summed E-state index contributed by atoms with van der Waals surface area (Å²) in [5, 5.41) is 16.3. The van der Waals surface area contributed by atoms with Gasteiger partial charge in [0.1, 0.15) is 0 Å². The van der Waals surface area contributed by atoms with E-state index >= 15 is 0 Å². The van der Waals surface area contributed by atoms with Crippen molar-refractivity contribution >= 4 is 16.9 Å². The quantitative estimate of drug-likeness (QED) is 0.330. The average molecular weight is 304 g/mol. The molecule has 0 aromatic heterocycles. The van der Waals surface area contributed by atoms with E-state index in [1.807, 2.05) is 0 Å². The van der Waals surface area contributed by atoms with E-state index in [0.717, 1.165) is 32.6 Å². The van der Waals surface area contributed by atoms with Crippen LogP contribution in [0.5, 0.6) is 0 Å². The summed E-state index contributed by atoms with van der Waals surface area (Å²) < 4.78 is 5.38. The van der Waals surface area contributed by atoms with Gasteiger partial charge in [-0.1, -0.05) is 11.8 Å². The normalized spacial score (nSPS) is 21.2. The highest BCUT2D eigenvalue weighted by atomic mass is 32.2. The highest BCUT2D eigenvalue weighted by Gasteiger charge is 2.19. The Hall–Kier alpha value is -0.860. The number of thioether (sulfide) groups is 1. The zero-order valence-corrected chi connectivity index (χ0v) is 13.2. The van der Waals surface area contributed by atoms with Crippen molar-refractivity contribution in [1.82, 2.24) is 10.2 Å². The van der Waals surface area contributed by atoms with E-state index in [2.05, 4.69) is 29.3 Å². The maximum Gasteiger partial charge on any atom is 0.234 e. The minimum Gasteiger partial charge on any atom is -0.381 e. The molecule has 116 valence electrons. The topological polar surface area (TPSA) is 80.0 Å². The molecule has 1 N–H and O–H groups in total. The largest absolute Gasteiger partial charge is 0.381 e. The first-order valence-corrected chi connectivity index (χ1v) is 8.04. The number of hydrogen-bond donors (Lipinski definition) is 1. The lowest BCUT2D eigenvalue weighted by Crippen LogP contribution is -2.36. The molecule has 0 aromatic rings. The lowest BCUT2D eigenvalue weighted by atomic mass is 10.1. The molecule has 2 atom stereocenters. The predicted octanol–water partition coefficient (Wildman–Crippen LogP) is 1.23. The molecule has 20 heavy (non-hydrogen) atoms. The molecule has 0 bridgehead atoms. The molecule has 1 saturated heterocycles. The first-order valence-electron chi connectivity index (χ1n) is 6.81. The third-order valence-electron chi connectivity index (χ3n) is 3.53. The smallest absolute Gasteiger partial charge is 0.234 e. The second-order valence-corrected chi connectivity index (χ2v) is 5.88. The summed E-state index contributed by atoms with van der Waals surface area (Å²) in [6, 6.07) is 0.418. The number of amidine groups is 1. The lowest BCUT2D eigenvalue weighted by Gasteiger charge is -2.27. The van der Waals surface area contributed by atoms with Crippen molar-refractivity contribution in [2.24, 2.45) is 11.0 Å². The molecule has 0 saturated carbocycles. The Morgan fingerprint density at radius 1 is 1.70 bits per heavy atom. The van der Waals surface area contributed by atoms with Gasteiger partial charge in [0, 0.05) is 25.7 Å². The molecule has 0 aromatic carbocycles. The first-order chi connectivity index (χ1) is 9.52. The molecular weight excluding hydrogens is 280 g/mol. The fourth-order valence-electron chi connectivity index (χ4n) is 2.15. The fraction of sp³-hybridized carbons (Fsp3) is 0.917. The van der Waals surface area contributed by atoms with Crippen LogP contribution in [0.1, 0.15) is 19.8 Å². The van der Waals surface area contributed by atoms with E-state index < -0.39 is 5.03 Å². The van der Waals surface area contributed by atoms with Crippen molar-refractivity contribution in [3.05, 3.63) is 10.1 Å². The molecule has 1 rings (SSSR count). The van der Waals surface area contributed by atoms with Crippen molar-refractivity contribution in [1.29, 1.82) is 0 Å². The van der Waals surface area contributed by atoms with Gasteiger partial charge in [-0.15, -0.1) is 0 Å². The first kappa shape index (κ1) is 17.2. The maximum absolute atomic E-state index is 10.3. The summed E-state index contributed by atoms with van der Waals surface area (Å²) in [5.41, 5.74) is 0. The number of nitro groups is 1. The fourth-order valence-corrected chi connectivity index (χ4v) is 2.54. The van der Waals surface area contributed by atoms with Crippen LogP contribution in [0.3, 0.4) is 0 Å². The average Bonchev–Trinajstić information content (AvgIpc) is 2.89. The summed E-state index contributed by atoms with van der Waals surface area (Å²) in [7, 11) is 2.11. The Balaban J connectivity index is 2.24. The van der Waals surface area contributed by atoms with Crippen LogP contribution in [0.15, 0.2) is 5.10 Å². The monoisotopic (exact) mass is 304 g/mol. The Morgan fingerprint density at radius 2 is 2.45 bits per heavy atom. The Kier molecular flexibility index (Phi) is 7.86. The van der Waals surface area contributed by atoms with Gasteiger partial charge >= 0.3 is 0 Å². The minimum atomic E-state index is -0.672. The van der Waals surface area contributed by atoms with Gasteiger partial charge in [-0.25, -0.2) is 10.1 Å². The molecule has 1 aliphatic heterocycles. The molecule has 2 unspecified atom stereocenters. The summed E-state index contributed by atoms with van der Waals surface area (Å²) in [6.07, 6.45) is 3.83. The van der Waals surface area contributed by atoms with E-state index in [0.29, 0.717) is 23.7 Å². The third kappa shape index (κ3) is 6.53. The Bertz CT molecular complexity index is 335. The number of nitrogens with one attached hydrogen (secondary N) is 1. The van der Waals surface area contributed by atoms with Crippen molar-refractivity contribution in [2.45, 2.75) is 25.8 Å². The van der Waals surface area contributed by atoms with Gasteiger partial charge in [-0.2, -0.15) is 0 Å². The Morgan fingerprint density at radius 3 is 3.00 bits per heavy atom. The number of rotatable bonds is 7. The Labute approximate surface area is 124 Å². The van der Waals surface area contributed by atoms with Crippen LogP contribution in [-0.4, -0.2) is 60.7 Å². The molecule has 1 heterocycles.